The second-order valence-electron chi connectivity index (χ2n) is 13.4. The van der Waals surface area contributed by atoms with Gasteiger partial charge in [0.1, 0.15) is 18.0 Å². The van der Waals surface area contributed by atoms with Crippen LogP contribution in [0.4, 0.5) is 4.79 Å². The van der Waals surface area contributed by atoms with Crippen LogP contribution in [0.5, 0.6) is 0 Å². The minimum Gasteiger partial charge on any atom is -0.490 e. The van der Waals surface area contributed by atoms with E-state index in [2.05, 4.69) is 12.2 Å². The van der Waals surface area contributed by atoms with Gasteiger partial charge in [-0.1, -0.05) is 51.1 Å². The Morgan fingerprint density at radius 3 is 2.48 bits per heavy atom. The van der Waals surface area contributed by atoms with Gasteiger partial charge in [0, 0.05) is 42.8 Å². The number of carbonyl (C=O) groups is 1. The summed E-state index contributed by atoms with van der Waals surface area (Å²) in [6.45, 7) is 6.91. The molecule has 2 aromatic rings. The number of alkyl carbamates (subject to hydrolysis) is 1. The van der Waals surface area contributed by atoms with Crippen molar-refractivity contribution < 1.29 is 37.3 Å². The topological polar surface area (TPSA) is 124 Å². The number of rotatable bonds is 13. The normalized spacial score (nSPS) is 28.2. The van der Waals surface area contributed by atoms with Crippen LogP contribution >= 0.6 is 0 Å². The molecule has 4 aliphatic rings. The summed E-state index contributed by atoms with van der Waals surface area (Å²) in [4.78, 5) is 13.5. The van der Waals surface area contributed by atoms with Gasteiger partial charge < -0.3 is 29.4 Å². The molecule has 10 nitrogen and oxygen atoms in total. The van der Waals surface area contributed by atoms with Crippen molar-refractivity contribution in [3.63, 3.8) is 0 Å². The molecule has 2 bridgehead atoms. The van der Waals surface area contributed by atoms with Crippen LogP contribution in [0.15, 0.2) is 65.6 Å². The number of amides is 1. The van der Waals surface area contributed by atoms with Gasteiger partial charge in [-0.15, -0.1) is 0 Å². The summed E-state index contributed by atoms with van der Waals surface area (Å²) in [5, 5.41) is 14.5. The fourth-order valence-corrected chi connectivity index (χ4v) is 8.84. The van der Waals surface area contributed by atoms with Crippen molar-refractivity contribution in [1.82, 2.24) is 9.62 Å². The largest absolute Gasteiger partial charge is 0.490 e. The second-order valence-corrected chi connectivity index (χ2v) is 15.4. The van der Waals surface area contributed by atoms with E-state index < -0.39 is 28.3 Å². The molecule has 250 valence electrons. The van der Waals surface area contributed by atoms with Gasteiger partial charge in [-0.05, 0) is 61.1 Å². The third-order valence-corrected chi connectivity index (χ3v) is 11.5. The van der Waals surface area contributed by atoms with Crippen molar-refractivity contribution >= 4 is 21.9 Å². The highest BCUT2D eigenvalue weighted by Crippen LogP contribution is 2.49. The second kappa shape index (κ2) is 14.0. The first kappa shape index (κ1) is 33.0. The van der Waals surface area contributed by atoms with Gasteiger partial charge in [0.15, 0.2) is 6.29 Å². The minimum atomic E-state index is -3.98. The van der Waals surface area contributed by atoms with Gasteiger partial charge in [0.2, 0.25) is 10.0 Å². The monoisotopic (exact) mass is 654 g/mol. The lowest BCUT2D eigenvalue weighted by molar-refractivity contribution is -0.169. The van der Waals surface area contributed by atoms with Crippen molar-refractivity contribution in [2.75, 3.05) is 26.3 Å². The Morgan fingerprint density at radius 1 is 1.04 bits per heavy atom. The van der Waals surface area contributed by atoms with E-state index in [9.17, 15) is 18.3 Å². The third-order valence-electron chi connectivity index (χ3n) is 9.65. The number of nitrogens with one attached hydrogen (secondary N) is 1. The average molecular weight is 655 g/mol. The third kappa shape index (κ3) is 7.13. The Labute approximate surface area is 272 Å². The zero-order chi connectivity index (χ0) is 32.4. The lowest BCUT2D eigenvalue weighted by atomic mass is 9.98. The summed E-state index contributed by atoms with van der Waals surface area (Å²) in [5.41, 5.74) is 1.72. The number of benzene rings is 2. The first-order chi connectivity index (χ1) is 22.1. The van der Waals surface area contributed by atoms with Crippen LogP contribution < -0.4 is 5.32 Å². The predicted octanol–water partition coefficient (Wildman–Crippen LogP) is 4.58. The van der Waals surface area contributed by atoms with Crippen LogP contribution in [0.3, 0.4) is 0 Å². The van der Waals surface area contributed by atoms with Crippen molar-refractivity contribution in [3.8, 4) is 0 Å². The van der Waals surface area contributed by atoms with E-state index in [0.29, 0.717) is 19.6 Å². The van der Waals surface area contributed by atoms with Crippen LogP contribution in [0.1, 0.15) is 51.2 Å². The van der Waals surface area contributed by atoms with Crippen LogP contribution in [0.25, 0.3) is 5.76 Å². The minimum absolute atomic E-state index is 0.00355. The molecule has 1 amide bonds. The maximum absolute atomic E-state index is 14.0. The van der Waals surface area contributed by atoms with E-state index in [1.54, 1.807) is 24.3 Å². The van der Waals surface area contributed by atoms with Gasteiger partial charge >= 0.3 is 6.09 Å². The molecule has 3 heterocycles. The first-order valence-electron chi connectivity index (χ1n) is 16.5. The molecule has 6 rings (SSSR count). The van der Waals surface area contributed by atoms with Gasteiger partial charge in [0.25, 0.3) is 0 Å². The SMILES string of the molecule is CCC1CC=C(c2ccc(S(=O)(=O)N(CC(C)C)C[C@@H](O)[C@H](Cc3ccccc3)NC(=O)OC3C4COC5OCC3C5C4)cc2)O1. The smallest absolute Gasteiger partial charge is 0.407 e. The summed E-state index contributed by atoms with van der Waals surface area (Å²) in [6.07, 6.45) is 2.72. The van der Waals surface area contributed by atoms with E-state index >= 15 is 0 Å². The number of fused-ring (bicyclic) bond motifs is 1. The van der Waals surface area contributed by atoms with Crippen LogP contribution in [-0.4, -0.2) is 80.9 Å². The molecule has 2 saturated heterocycles. The van der Waals surface area contributed by atoms with Gasteiger partial charge in [-0.2, -0.15) is 4.31 Å². The van der Waals surface area contributed by atoms with Crippen LogP contribution in [0.2, 0.25) is 0 Å². The van der Waals surface area contributed by atoms with Crippen molar-refractivity contribution in [3.05, 3.63) is 71.8 Å². The van der Waals surface area contributed by atoms with E-state index in [-0.39, 0.29) is 60.2 Å². The van der Waals surface area contributed by atoms with Crippen LogP contribution in [-0.2, 0) is 35.4 Å². The summed E-state index contributed by atoms with van der Waals surface area (Å²) < 4.78 is 52.8. The molecule has 6 unspecified atom stereocenters. The molecule has 11 heteroatoms. The molecule has 2 aromatic carbocycles. The lowest BCUT2D eigenvalue weighted by Gasteiger charge is -2.31. The maximum atomic E-state index is 14.0. The standard InChI is InChI=1S/C35H46N2O8S/c1-4-26-12-15-32(44-26)24-10-13-27(14-11-24)46(40,41)37(18-22(2)3)19-31(38)30(16-23-8-6-5-7-9-23)36-35(39)45-33-25-17-28-29(33)21-43-34(28)42-20-25/h5-11,13-15,22,25-26,28-31,33-34,38H,4,12,16-21H2,1-3H3,(H,36,39)/t25?,26?,28?,29?,30-,31+,33?,34?/m0/s1. The van der Waals surface area contributed by atoms with Crippen molar-refractivity contribution in [2.45, 2.75) is 82.0 Å². The van der Waals surface area contributed by atoms with Gasteiger partial charge in [-0.3, -0.25) is 0 Å². The zero-order valence-electron chi connectivity index (χ0n) is 26.8. The van der Waals surface area contributed by atoms with E-state index in [0.717, 1.165) is 36.1 Å². The highest BCUT2D eigenvalue weighted by atomic mass is 32.2. The molecule has 1 aliphatic carbocycles. The summed E-state index contributed by atoms with van der Waals surface area (Å²) in [6, 6.07) is 15.4. The fraction of sp³-hybridized carbons (Fsp3) is 0.571. The maximum Gasteiger partial charge on any atom is 0.407 e. The molecular formula is C35H46N2O8S. The molecule has 1 saturated carbocycles. The Balaban J connectivity index is 1.17. The number of nitrogens with zero attached hydrogens (tertiary/aromatic N) is 1. The molecule has 3 aliphatic heterocycles. The van der Waals surface area contributed by atoms with E-state index in [1.807, 2.05) is 50.3 Å². The summed E-state index contributed by atoms with van der Waals surface area (Å²) in [7, 11) is -3.98. The van der Waals surface area contributed by atoms with Gasteiger partial charge in [-0.25, -0.2) is 13.2 Å². The Kier molecular flexibility index (Phi) is 10.1. The Hall–Kier alpha value is -2.96. The lowest BCUT2D eigenvalue weighted by Crippen LogP contribution is -2.52. The molecule has 0 radical (unpaired) electrons. The molecule has 8 atom stereocenters. The molecular weight excluding hydrogens is 608 g/mol. The number of aliphatic hydroxyl groups excluding tert-OH is 1. The number of hydrogen-bond acceptors (Lipinski definition) is 8. The Bertz CT molecular complexity index is 1480. The number of aliphatic hydroxyl groups is 1. The number of hydrogen-bond donors (Lipinski definition) is 2. The van der Waals surface area contributed by atoms with Gasteiger partial charge in [0.05, 0.1) is 30.3 Å². The number of ether oxygens (including phenoxy) is 4. The van der Waals surface area contributed by atoms with Crippen molar-refractivity contribution in [1.29, 1.82) is 0 Å². The Morgan fingerprint density at radius 2 is 1.78 bits per heavy atom. The van der Waals surface area contributed by atoms with Crippen molar-refractivity contribution in [2.24, 2.45) is 23.7 Å². The fourth-order valence-electron chi connectivity index (χ4n) is 7.21. The first-order valence-corrected chi connectivity index (χ1v) is 18.0. The highest BCUT2D eigenvalue weighted by Gasteiger charge is 2.56. The summed E-state index contributed by atoms with van der Waals surface area (Å²) in [5.74, 6) is 1.18. The predicted molar refractivity (Wildman–Crippen MR) is 172 cm³/mol. The molecule has 2 N–H and O–H groups in total. The van der Waals surface area contributed by atoms with E-state index in [4.69, 9.17) is 18.9 Å². The summed E-state index contributed by atoms with van der Waals surface area (Å²) >= 11 is 0. The zero-order valence-corrected chi connectivity index (χ0v) is 27.6. The molecule has 46 heavy (non-hydrogen) atoms. The molecule has 3 fully saturated rings. The molecule has 0 spiro atoms. The van der Waals surface area contributed by atoms with Crippen LogP contribution in [0, 0.1) is 23.7 Å². The number of carbonyl (C=O) groups excluding carboxylic acids is 1. The molecule has 0 aromatic heterocycles. The average Bonchev–Trinajstić information content (AvgIpc) is 3.76. The van der Waals surface area contributed by atoms with E-state index in [1.165, 1.54) is 4.31 Å². The quantitative estimate of drug-likeness (QED) is 0.322. The number of sulfonamides is 1. The highest BCUT2D eigenvalue weighted by molar-refractivity contribution is 7.89.